The second-order valence-electron chi connectivity index (χ2n) is 5.63. The molecule has 0 radical (unpaired) electrons. The van der Waals surface area contributed by atoms with Crippen molar-refractivity contribution in [3.8, 4) is 29.6 Å². The van der Waals surface area contributed by atoms with Crippen LogP contribution in [0.15, 0.2) is 41.5 Å². The number of nitrogens with zero attached hydrogens (tertiary/aromatic N) is 2. The molecule has 0 spiro atoms. The van der Waals surface area contributed by atoms with E-state index < -0.39 is 4.92 Å². The van der Waals surface area contributed by atoms with Gasteiger partial charge in [0.1, 0.15) is 12.4 Å². The third-order valence-corrected chi connectivity index (χ3v) is 3.72. The van der Waals surface area contributed by atoms with Crippen molar-refractivity contribution in [3.63, 3.8) is 0 Å². The molecule has 0 aromatic heterocycles. The Morgan fingerprint density at radius 2 is 1.93 bits per heavy atom. The van der Waals surface area contributed by atoms with E-state index >= 15 is 0 Å². The van der Waals surface area contributed by atoms with Crippen LogP contribution in [0.5, 0.6) is 17.2 Å². The fourth-order valence-corrected chi connectivity index (χ4v) is 2.39. The van der Waals surface area contributed by atoms with Crippen molar-refractivity contribution >= 4 is 17.8 Å². The maximum atomic E-state index is 12.1. The van der Waals surface area contributed by atoms with Gasteiger partial charge in [-0.05, 0) is 23.8 Å². The van der Waals surface area contributed by atoms with Crippen LogP contribution in [0.3, 0.4) is 0 Å². The zero-order valence-corrected chi connectivity index (χ0v) is 15.9. The van der Waals surface area contributed by atoms with Crippen LogP contribution < -0.4 is 19.6 Å². The fourth-order valence-electron chi connectivity index (χ4n) is 2.39. The van der Waals surface area contributed by atoms with Crippen molar-refractivity contribution in [1.82, 2.24) is 5.43 Å². The zero-order chi connectivity index (χ0) is 21.2. The van der Waals surface area contributed by atoms with Crippen molar-refractivity contribution in [2.75, 3.05) is 20.8 Å². The van der Waals surface area contributed by atoms with Gasteiger partial charge >= 0.3 is 0 Å². The average Bonchev–Trinajstić information content (AvgIpc) is 2.72. The highest BCUT2D eigenvalue weighted by atomic mass is 16.6. The van der Waals surface area contributed by atoms with Gasteiger partial charge in [0.2, 0.25) is 5.91 Å². The molecule has 0 aliphatic carbocycles. The van der Waals surface area contributed by atoms with Gasteiger partial charge in [-0.3, -0.25) is 14.9 Å². The number of ether oxygens (including phenoxy) is 3. The van der Waals surface area contributed by atoms with E-state index in [1.54, 1.807) is 18.2 Å². The van der Waals surface area contributed by atoms with Crippen LogP contribution >= 0.6 is 0 Å². The van der Waals surface area contributed by atoms with Crippen LogP contribution in [-0.2, 0) is 11.2 Å². The minimum atomic E-state index is -0.544. The number of rotatable bonds is 9. The summed E-state index contributed by atoms with van der Waals surface area (Å²) in [5, 5.41) is 14.8. The highest BCUT2D eigenvalue weighted by molar-refractivity contribution is 5.86. The van der Waals surface area contributed by atoms with E-state index in [2.05, 4.69) is 16.4 Å². The molecule has 0 saturated carbocycles. The molecule has 0 heterocycles. The minimum absolute atomic E-state index is 0.00961. The van der Waals surface area contributed by atoms with Crippen molar-refractivity contribution in [1.29, 1.82) is 0 Å². The number of nitro benzene ring substituents is 1. The minimum Gasteiger partial charge on any atom is -0.493 e. The number of hydrogen-bond donors (Lipinski definition) is 1. The van der Waals surface area contributed by atoms with Gasteiger partial charge in [0.05, 0.1) is 31.8 Å². The summed E-state index contributed by atoms with van der Waals surface area (Å²) in [4.78, 5) is 22.5. The lowest BCUT2D eigenvalue weighted by molar-refractivity contribution is -0.384. The lowest BCUT2D eigenvalue weighted by Crippen LogP contribution is -2.19. The molecule has 1 amide bonds. The summed E-state index contributed by atoms with van der Waals surface area (Å²) in [7, 11) is 3.03. The predicted molar refractivity (Wildman–Crippen MR) is 106 cm³/mol. The predicted octanol–water partition coefficient (Wildman–Crippen LogP) is 2.32. The number of carbonyl (C=O) groups excluding carboxylic acids is 1. The number of non-ortho nitro benzene ring substituents is 1. The zero-order valence-electron chi connectivity index (χ0n) is 15.9. The molecule has 0 unspecified atom stereocenters. The summed E-state index contributed by atoms with van der Waals surface area (Å²) in [5.41, 5.74) is 3.23. The monoisotopic (exact) mass is 397 g/mol. The van der Waals surface area contributed by atoms with Crippen molar-refractivity contribution in [2.24, 2.45) is 5.10 Å². The highest BCUT2D eigenvalue weighted by Crippen LogP contribution is 2.27. The van der Waals surface area contributed by atoms with Crippen LogP contribution in [-0.4, -0.2) is 37.9 Å². The molecule has 0 bridgehead atoms. The number of terminal acetylenes is 1. The molecule has 29 heavy (non-hydrogen) atoms. The number of nitrogens with one attached hydrogen (secondary N) is 1. The average molecular weight is 397 g/mol. The van der Waals surface area contributed by atoms with E-state index in [1.165, 1.54) is 38.6 Å². The molecule has 2 rings (SSSR count). The fraction of sp³-hybridized carbons (Fsp3) is 0.200. The van der Waals surface area contributed by atoms with Crippen molar-refractivity contribution in [3.05, 3.63) is 57.6 Å². The Morgan fingerprint density at radius 3 is 2.59 bits per heavy atom. The first-order chi connectivity index (χ1) is 14.0. The Kier molecular flexibility index (Phi) is 7.56. The molecule has 0 saturated heterocycles. The van der Waals surface area contributed by atoms with Gasteiger partial charge in [0.15, 0.2) is 11.5 Å². The first-order valence-electron chi connectivity index (χ1n) is 8.36. The Balaban J connectivity index is 2.08. The highest BCUT2D eigenvalue weighted by Gasteiger charge is 2.11. The second-order valence-corrected chi connectivity index (χ2v) is 5.63. The first kappa shape index (κ1) is 21.2. The van der Waals surface area contributed by atoms with E-state index in [0.29, 0.717) is 28.4 Å². The Hall–Kier alpha value is -4.06. The molecule has 2 aromatic carbocycles. The van der Waals surface area contributed by atoms with Gasteiger partial charge in [-0.25, -0.2) is 5.43 Å². The second kappa shape index (κ2) is 10.3. The molecule has 0 aliphatic rings. The maximum absolute atomic E-state index is 12.1. The van der Waals surface area contributed by atoms with Gasteiger partial charge < -0.3 is 14.2 Å². The molecule has 0 aliphatic heterocycles. The standard InChI is InChI=1S/C20H19N3O6/c1-4-9-29-17-8-6-16(23(25)26)12-15(17)13-21-22-20(24)11-14-5-7-18(27-2)19(10-14)28-3/h1,5-8,10,12-13H,9,11H2,2-3H3,(H,22,24)/b21-13+. The van der Waals surface area contributed by atoms with Crippen LogP contribution in [0.1, 0.15) is 11.1 Å². The number of hydrogen-bond acceptors (Lipinski definition) is 7. The van der Waals surface area contributed by atoms with Crippen LogP contribution in [0, 0.1) is 22.5 Å². The quantitative estimate of drug-likeness (QED) is 0.301. The van der Waals surface area contributed by atoms with E-state index in [9.17, 15) is 14.9 Å². The largest absolute Gasteiger partial charge is 0.493 e. The number of nitro groups is 1. The van der Waals surface area contributed by atoms with Crippen LogP contribution in [0.2, 0.25) is 0 Å². The van der Waals surface area contributed by atoms with Gasteiger partial charge in [-0.1, -0.05) is 12.0 Å². The number of amides is 1. The number of hydrazone groups is 1. The lowest BCUT2D eigenvalue weighted by atomic mass is 10.1. The van der Waals surface area contributed by atoms with E-state index in [0.717, 1.165) is 0 Å². The summed E-state index contributed by atoms with van der Waals surface area (Å²) in [6.07, 6.45) is 6.47. The summed E-state index contributed by atoms with van der Waals surface area (Å²) < 4.78 is 15.7. The summed E-state index contributed by atoms with van der Waals surface area (Å²) in [6, 6.07) is 9.10. The molecule has 2 aromatic rings. The Bertz CT molecular complexity index is 965. The normalized spacial score (nSPS) is 10.2. The lowest BCUT2D eigenvalue weighted by Gasteiger charge is -2.09. The summed E-state index contributed by atoms with van der Waals surface area (Å²) in [6.45, 7) is -0.00961. The van der Waals surface area contributed by atoms with E-state index in [-0.39, 0.29) is 24.6 Å². The van der Waals surface area contributed by atoms with Gasteiger partial charge in [-0.15, -0.1) is 6.42 Å². The Morgan fingerprint density at radius 1 is 1.21 bits per heavy atom. The smallest absolute Gasteiger partial charge is 0.270 e. The number of carbonyl (C=O) groups is 1. The SMILES string of the molecule is C#CCOc1ccc([N+](=O)[O-])cc1/C=N/NC(=O)Cc1ccc(OC)c(OC)c1. The summed E-state index contributed by atoms with van der Waals surface area (Å²) in [5.74, 6) is 3.30. The molecule has 0 fully saturated rings. The van der Waals surface area contributed by atoms with Gasteiger partial charge in [0, 0.05) is 17.7 Å². The van der Waals surface area contributed by atoms with Crippen molar-refractivity contribution < 1.29 is 23.9 Å². The molecular formula is C20H19N3O6. The van der Waals surface area contributed by atoms with Gasteiger partial charge in [0.25, 0.3) is 5.69 Å². The molecule has 9 nitrogen and oxygen atoms in total. The topological polar surface area (TPSA) is 112 Å². The molecule has 150 valence electrons. The third kappa shape index (κ3) is 5.97. The number of methoxy groups -OCH3 is 2. The molecule has 0 atom stereocenters. The number of benzene rings is 2. The first-order valence-corrected chi connectivity index (χ1v) is 8.36. The molecule has 1 N–H and O–H groups in total. The van der Waals surface area contributed by atoms with E-state index in [1.807, 2.05) is 0 Å². The van der Waals surface area contributed by atoms with Crippen LogP contribution in [0.4, 0.5) is 5.69 Å². The summed E-state index contributed by atoms with van der Waals surface area (Å²) >= 11 is 0. The Labute approximate surface area is 167 Å². The third-order valence-electron chi connectivity index (χ3n) is 3.72. The molecular weight excluding hydrogens is 378 g/mol. The van der Waals surface area contributed by atoms with Crippen LogP contribution in [0.25, 0.3) is 0 Å². The maximum Gasteiger partial charge on any atom is 0.270 e. The van der Waals surface area contributed by atoms with E-state index in [4.69, 9.17) is 20.6 Å². The van der Waals surface area contributed by atoms with Gasteiger partial charge in [-0.2, -0.15) is 5.10 Å². The molecule has 9 heteroatoms. The van der Waals surface area contributed by atoms with Crippen molar-refractivity contribution in [2.45, 2.75) is 6.42 Å².